The SMILES string of the molecule is CCCNC(CCC(C)OC)Cc1c(Cl)cccc1Cl. The van der Waals surface area contributed by atoms with Crippen LogP contribution in [0.2, 0.25) is 10.0 Å². The van der Waals surface area contributed by atoms with Gasteiger partial charge in [-0.05, 0) is 56.8 Å². The van der Waals surface area contributed by atoms with Gasteiger partial charge in [-0.25, -0.2) is 0 Å². The van der Waals surface area contributed by atoms with Gasteiger partial charge in [0.2, 0.25) is 0 Å². The molecule has 0 aliphatic carbocycles. The van der Waals surface area contributed by atoms with E-state index in [1.807, 2.05) is 18.2 Å². The first-order chi connectivity index (χ1) is 9.58. The summed E-state index contributed by atoms with van der Waals surface area (Å²) in [6.45, 7) is 5.28. The lowest BCUT2D eigenvalue weighted by atomic mass is 10.00. The number of halogens is 2. The minimum atomic E-state index is 0.280. The van der Waals surface area contributed by atoms with E-state index in [0.717, 1.165) is 47.8 Å². The zero-order valence-electron chi connectivity index (χ0n) is 12.6. The quantitative estimate of drug-likeness (QED) is 0.711. The molecule has 1 rings (SSSR count). The van der Waals surface area contributed by atoms with E-state index in [2.05, 4.69) is 19.2 Å². The second-order valence-electron chi connectivity index (χ2n) is 5.18. The summed E-state index contributed by atoms with van der Waals surface area (Å²) in [5.74, 6) is 0. The van der Waals surface area contributed by atoms with Gasteiger partial charge in [-0.3, -0.25) is 0 Å². The number of rotatable bonds is 9. The van der Waals surface area contributed by atoms with Crippen molar-refractivity contribution in [3.8, 4) is 0 Å². The van der Waals surface area contributed by atoms with Crippen molar-refractivity contribution in [2.45, 2.75) is 51.7 Å². The topological polar surface area (TPSA) is 21.3 Å². The zero-order chi connectivity index (χ0) is 15.0. The van der Waals surface area contributed by atoms with Crippen molar-refractivity contribution < 1.29 is 4.74 Å². The lowest BCUT2D eigenvalue weighted by Crippen LogP contribution is -2.33. The van der Waals surface area contributed by atoms with Crippen LogP contribution in [-0.2, 0) is 11.2 Å². The van der Waals surface area contributed by atoms with Gasteiger partial charge in [0, 0.05) is 23.2 Å². The smallest absolute Gasteiger partial charge is 0.0543 e. The Morgan fingerprint density at radius 1 is 1.20 bits per heavy atom. The fraction of sp³-hybridized carbons (Fsp3) is 0.625. The van der Waals surface area contributed by atoms with E-state index in [1.165, 1.54) is 0 Å². The molecule has 0 amide bonds. The van der Waals surface area contributed by atoms with Crippen LogP contribution in [-0.4, -0.2) is 25.8 Å². The molecule has 1 aromatic rings. The van der Waals surface area contributed by atoms with Gasteiger partial charge in [0.15, 0.2) is 0 Å². The molecule has 2 atom stereocenters. The van der Waals surface area contributed by atoms with Crippen LogP contribution in [0.25, 0.3) is 0 Å². The fourth-order valence-electron chi connectivity index (χ4n) is 2.15. The maximum Gasteiger partial charge on any atom is 0.0543 e. The zero-order valence-corrected chi connectivity index (χ0v) is 14.1. The first kappa shape index (κ1) is 17.8. The van der Waals surface area contributed by atoms with Crippen LogP contribution in [0.15, 0.2) is 18.2 Å². The molecule has 20 heavy (non-hydrogen) atoms. The molecule has 114 valence electrons. The van der Waals surface area contributed by atoms with Crippen molar-refractivity contribution in [1.29, 1.82) is 0 Å². The molecule has 1 N–H and O–H groups in total. The monoisotopic (exact) mass is 317 g/mol. The predicted octanol–water partition coefficient (Wildman–Crippen LogP) is 4.72. The van der Waals surface area contributed by atoms with Crippen LogP contribution >= 0.6 is 23.2 Å². The molecule has 0 saturated carbocycles. The third-order valence-corrected chi connectivity index (χ3v) is 4.23. The van der Waals surface area contributed by atoms with Crippen LogP contribution in [0, 0.1) is 0 Å². The normalized spacial score (nSPS) is 14.2. The first-order valence-corrected chi connectivity index (χ1v) is 8.03. The number of benzene rings is 1. The van der Waals surface area contributed by atoms with Crippen molar-refractivity contribution in [3.05, 3.63) is 33.8 Å². The summed E-state index contributed by atoms with van der Waals surface area (Å²) in [7, 11) is 1.75. The fourth-order valence-corrected chi connectivity index (χ4v) is 2.70. The molecule has 0 saturated heterocycles. The van der Waals surface area contributed by atoms with E-state index >= 15 is 0 Å². The summed E-state index contributed by atoms with van der Waals surface area (Å²) < 4.78 is 5.32. The summed E-state index contributed by atoms with van der Waals surface area (Å²) in [6.07, 6.45) is 4.33. The van der Waals surface area contributed by atoms with Gasteiger partial charge in [0.1, 0.15) is 0 Å². The minimum absolute atomic E-state index is 0.280. The Morgan fingerprint density at radius 3 is 2.40 bits per heavy atom. The molecule has 2 nitrogen and oxygen atoms in total. The molecule has 1 aromatic carbocycles. The summed E-state index contributed by atoms with van der Waals surface area (Å²) >= 11 is 12.5. The molecule has 2 unspecified atom stereocenters. The van der Waals surface area contributed by atoms with Crippen LogP contribution in [0.4, 0.5) is 0 Å². The molecule has 0 fully saturated rings. The molecule has 4 heteroatoms. The Bertz CT molecular complexity index is 378. The van der Waals surface area contributed by atoms with E-state index in [0.29, 0.717) is 6.04 Å². The van der Waals surface area contributed by atoms with Crippen LogP contribution in [0.5, 0.6) is 0 Å². The highest BCUT2D eigenvalue weighted by molar-refractivity contribution is 6.35. The first-order valence-electron chi connectivity index (χ1n) is 7.27. The molecular weight excluding hydrogens is 293 g/mol. The maximum atomic E-state index is 6.26. The molecule has 0 radical (unpaired) electrons. The van der Waals surface area contributed by atoms with Gasteiger partial charge in [-0.1, -0.05) is 36.2 Å². The predicted molar refractivity (Wildman–Crippen MR) is 88.0 cm³/mol. The highest BCUT2D eigenvalue weighted by Gasteiger charge is 2.15. The van der Waals surface area contributed by atoms with Crippen molar-refractivity contribution in [3.63, 3.8) is 0 Å². The number of methoxy groups -OCH3 is 1. The van der Waals surface area contributed by atoms with Crippen molar-refractivity contribution in [2.24, 2.45) is 0 Å². The molecule has 0 aliphatic rings. The summed E-state index contributed by atoms with van der Waals surface area (Å²) in [6, 6.07) is 6.06. The Kier molecular flexibility index (Phi) is 8.55. The standard InChI is InChI=1S/C16H25Cl2NO/c1-4-10-19-13(9-8-12(2)20-3)11-14-15(17)6-5-7-16(14)18/h5-7,12-13,19H,4,8-11H2,1-3H3. The second kappa shape index (κ2) is 9.62. The highest BCUT2D eigenvalue weighted by Crippen LogP contribution is 2.26. The Balaban J connectivity index is 2.68. The van der Waals surface area contributed by atoms with Crippen LogP contribution < -0.4 is 5.32 Å². The summed E-state index contributed by atoms with van der Waals surface area (Å²) in [5.41, 5.74) is 1.04. The number of ether oxygens (including phenoxy) is 1. The van der Waals surface area contributed by atoms with Gasteiger partial charge in [-0.15, -0.1) is 0 Å². The Labute approximate surface area is 132 Å². The number of hydrogen-bond donors (Lipinski definition) is 1. The number of nitrogens with one attached hydrogen (secondary N) is 1. The van der Waals surface area contributed by atoms with E-state index < -0.39 is 0 Å². The average molecular weight is 318 g/mol. The lowest BCUT2D eigenvalue weighted by molar-refractivity contribution is 0.106. The highest BCUT2D eigenvalue weighted by atomic mass is 35.5. The third-order valence-electron chi connectivity index (χ3n) is 3.52. The second-order valence-corrected chi connectivity index (χ2v) is 5.99. The summed E-state index contributed by atoms with van der Waals surface area (Å²) in [4.78, 5) is 0. The van der Waals surface area contributed by atoms with E-state index in [4.69, 9.17) is 27.9 Å². The van der Waals surface area contributed by atoms with E-state index in [9.17, 15) is 0 Å². The Hall–Kier alpha value is -0.280. The van der Waals surface area contributed by atoms with E-state index in [-0.39, 0.29) is 6.10 Å². The third kappa shape index (κ3) is 6.01. The molecule has 0 bridgehead atoms. The maximum absolute atomic E-state index is 6.26. The van der Waals surface area contributed by atoms with Crippen molar-refractivity contribution in [1.82, 2.24) is 5.32 Å². The average Bonchev–Trinajstić information content (AvgIpc) is 2.44. The van der Waals surface area contributed by atoms with Crippen LogP contribution in [0.3, 0.4) is 0 Å². The number of hydrogen-bond acceptors (Lipinski definition) is 2. The molecule has 0 aromatic heterocycles. The van der Waals surface area contributed by atoms with Gasteiger partial charge in [-0.2, -0.15) is 0 Å². The van der Waals surface area contributed by atoms with Gasteiger partial charge in [0.05, 0.1) is 6.10 Å². The van der Waals surface area contributed by atoms with Crippen molar-refractivity contribution in [2.75, 3.05) is 13.7 Å². The molecule has 0 aliphatic heterocycles. The van der Waals surface area contributed by atoms with Crippen LogP contribution in [0.1, 0.15) is 38.7 Å². The van der Waals surface area contributed by atoms with Gasteiger partial charge < -0.3 is 10.1 Å². The molecular formula is C16H25Cl2NO. The Morgan fingerprint density at radius 2 is 1.85 bits per heavy atom. The van der Waals surface area contributed by atoms with Gasteiger partial charge in [0.25, 0.3) is 0 Å². The van der Waals surface area contributed by atoms with Gasteiger partial charge >= 0.3 is 0 Å². The lowest BCUT2D eigenvalue weighted by Gasteiger charge is -2.21. The molecule has 0 heterocycles. The van der Waals surface area contributed by atoms with E-state index in [1.54, 1.807) is 7.11 Å². The summed E-state index contributed by atoms with van der Waals surface area (Å²) in [5, 5.41) is 5.08. The minimum Gasteiger partial charge on any atom is -0.382 e. The molecule has 0 spiro atoms. The van der Waals surface area contributed by atoms with Crippen molar-refractivity contribution >= 4 is 23.2 Å². The largest absolute Gasteiger partial charge is 0.382 e.